The summed E-state index contributed by atoms with van der Waals surface area (Å²) in [5, 5.41) is 9.10. The Morgan fingerprint density at radius 1 is 1.19 bits per heavy atom. The molecule has 1 N–H and O–H groups in total. The monoisotopic (exact) mass is 479 g/mol. The van der Waals surface area contributed by atoms with Crippen LogP contribution in [0.5, 0.6) is 5.75 Å². The minimum Gasteiger partial charge on any atom is -0.495 e. The van der Waals surface area contributed by atoms with Crippen LogP contribution in [0.1, 0.15) is 22.3 Å². The third kappa shape index (κ3) is 6.95. The van der Waals surface area contributed by atoms with Gasteiger partial charge < -0.3 is 14.4 Å². The lowest BCUT2D eigenvalue weighted by Crippen LogP contribution is -2.32. The summed E-state index contributed by atoms with van der Waals surface area (Å²) in [6.45, 7) is -0.332. The van der Waals surface area contributed by atoms with Crippen molar-refractivity contribution in [1.29, 1.82) is 5.26 Å². The lowest BCUT2D eigenvalue weighted by atomic mass is 10.2. The molecule has 0 bridgehead atoms. The summed E-state index contributed by atoms with van der Waals surface area (Å²) in [7, 11) is -1.25. The number of ether oxygens (including phenoxy) is 2. The second kappa shape index (κ2) is 11.5. The van der Waals surface area contributed by atoms with Gasteiger partial charge in [0, 0.05) is 25.2 Å². The number of nitriles is 1. The minimum absolute atomic E-state index is 0.000857. The van der Waals surface area contributed by atoms with Crippen molar-refractivity contribution in [3.63, 3.8) is 0 Å². The average Bonchev–Trinajstić information content (AvgIpc) is 2.79. The first-order valence-corrected chi connectivity index (χ1v) is 11.2. The van der Waals surface area contributed by atoms with E-state index >= 15 is 0 Å². The molecule has 11 heteroatoms. The van der Waals surface area contributed by atoms with Crippen LogP contribution in [-0.4, -0.2) is 52.5 Å². The van der Waals surface area contributed by atoms with E-state index in [-0.39, 0.29) is 35.7 Å². The van der Waals surface area contributed by atoms with E-state index < -0.39 is 28.5 Å². The third-order valence-corrected chi connectivity index (χ3v) is 6.05. The Balaban J connectivity index is 2.13. The summed E-state index contributed by atoms with van der Waals surface area (Å²) < 4.78 is 38.2. The molecule has 0 fully saturated rings. The molecule has 0 aliphatic heterocycles. The molecule has 0 spiro atoms. The standard InChI is InChI=1S/C21H22ClN3O6S/c1-25(11-3-10-23)20(26)14-31-21(27)16-6-9-18(30-2)19(12-16)32(28,29)24-13-15-4-7-17(22)8-5-15/h4-9,12,24H,3,11,13-14H2,1-2H3. The van der Waals surface area contributed by atoms with Crippen LogP contribution in [0.4, 0.5) is 0 Å². The van der Waals surface area contributed by atoms with Gasteiger partial charge in [-0.1, -0.05) is 23.7 Å². The van der Waals surface area contributed by atoms with Crippen molar-refractivity contribution >= 4 is 33.5 Å². The quantitative estimate of drug-likeness (QED) is 0.518. The number of rotatable bonds is 10. The van der Waals surface area contributed by atoms with Gasteiger partial charge in [-0.3, -0.25) is 4.79 Å². The fourth-order valence-corrected chi connectivity index (χ4v) is 3.87. The molecule has 2 rings (SSSR count). The molecule has 9 nitrogen and oxygen atoms in total. The number of likely N-dealkylation sites (N-methyl/N-ethyl adjacent to an activating group) is 1. The fourth-order valence-electron chi connectivity index (χ4n) is 2.54. The number of nitrogens with one attached hydrogen (secondary N) is 1. The summed E-state index contributed by atoms with van der Waals surface area (Å²) in [5.74, 6) is -1.32. The summed E-state index contributed by atoms with van der Waals surface area (Å²) in [6, 6.07) is 12.3. The lowest BCUT2D eigenvalue weighted by Gasteiger charge is -2.15. The van der Waals surface area contributed by atoms with Gasteiger partial charge in [-0.15, -0.1) is 0 Å². The molecule has 0 saturated heterocycles. The van der Waals surface area contributed by atoms with Crippen molar-refractivity contribution in [2.24, 2.45) is 0 Å². The lowest BCUT2D eigenvalue weighted by molar-refractivity contribution is -0.133. The SMILES string of the molecule is COc1ccc(C(=O)OCC(=O)N(C)CCC#N)cc1S(=O)(=O)NCc1ccc(Cl)cc1. The Morgan fingerprint density at radius 2 is 1.88 bits per heavy atom. The van der Waals surface area contributed by atoms with E-state index in [9.17, 15) is 18.0 Å². The summed E-state index contributed by atoms with van der Waals surface area (Å²) in [4.78, 5) is 25.3. The highest BCUT2D eigenvalue weighted by atomic mass is 35.5. The number of methoxy groups -OCH3 is 1. The molecule has 2 aromatic carbocycles. The number of carbonyl (C=O) groups excluding carboxylic acids is 2. The van der Waals surface area contributed by atoms with Crippen LogP contribution in [0, 0.1) is 11.3 Å². The number of hydrogen-bond acceptors (Lipinski definition) is 7. The molecule has 0 atom stereocenters. The van der Waals surface area contributed by atoms with Crippen molar-refractivity contribution in [2.75, 3.05) is 27.3 Å². The topological polar surface area (TPSA) is 126 Å². The Morgan fingerprint density at radius 3 is 2.50 bits per heavy atom. The van der Waals surface area contributed by atoms with E-state index in [1.54, 1.807) is 24.3 Å². The predicted molar refractivity (Wildman–Crippen MR) is 117 cm³/mol. The number of carbonyl (C=O) groups is 2. The highest BCUT2D eigenvalue weighted by molar-refractivity contribution is 7.89. The van der Waals surface area contributed by atoms with Gasteiger partial charge in [0.25, 0.3) is 5.91 Å². The molecular weight excluding hydrogens is 458 g/mol. The smallest absolute Gasteiger partial charge is 0.338 e. The number of nitrogens with zero attached hydrogens (tertiary/aromatic N) is 2. The van der Waals surface area contributed by atoms with Crippen LogP contribution in [0.15, 0.2) is 47.4 Å². The number of benzene rings is 2. The molecule has 32 heavy (non-hydrogen) atoms. The number of hydrogen-bond donors (Lipinski definition) is 1. The minimum atomic E-state index is -4.04. The van der Waals surface area contributed by atoms with E-state index in [4.69, 9.17) is 26.3 Å². The maximum atomic E-state index is 12.8. The first-order chi connectivity index (χ1) is 15.2. The molecule has 0 unspecified atom stereocenters. The molecular formula is C21H22ClN3O6S. The van der Waals surface area contributed by atoms with Gasteiger partial charge in [0.05, 0.1) is 25.2 Å². The highest BCUT2D eigenvalue weighted by Crippen LogP contribution is 2.25. The van der Waals surface area contributed by atoms with Crippen molar-refractivity contribution < 1.29 is 27.5 Å². The van der Waals surface area contributed by atoms with Crippen molar-refractivity contribution in [2.45, 2.75) is 17.9 Å². The van der Waals surface area contributed by atoms with E-state index in [0.29, 0.717) is 10.6 Å². The molecule has 0 aliphatic carbocycles. The second-order valence-corrected chi connectivity index (χ2v) is 8.79. The van der Waals surface area contributed by atoms with E-state index in [2.05, 4.69) is 4.72 Å². The number of amides is 1. The molecule has 1 amide bonds. The largest absolute Gasteiger partial charge is 0.495 e. The Bertz CT molecular complexity index is 1110. The zero-order chi connectivity index (χ0) is 23.7. The normalized spacial score (nSPS) is 10.8. The Kier molecular flexibility index (Phi) is 9.02. The van der Waals surface area contributed by atoms with Gasteiger partial charge in [-0.05, 0) is 35.9 Å². The van der Waals surface area contributed by atoms with Crippen molar-refractivity contribution in [3.8, 4) is 11.8 Å². The molecule has 0 radical (unpaired) electrons. The van der Waals surface area contributed by atoms with E-state index in [1.807, 2.05) is 6.07 Å². The predicted octanol–water partition coefficient (Wildman–Crippen LogP) is 2.36. The molecule has 2 aromatic rings. The fraction of sp³-hybridized carbons (Fsp3) is 0.286. The van der Waals surface area contributed by atoms with Gasteiger partial charge in [-0.25, -0.2) is 17.9 Å². The maximum Gasteiger partial charge on any atom is 0.338 e. The van der Waals surface area contributed by atoms with Crippen LogP contribution < -0.4 is 9.46 Å². The van der Waals surface area contributed by atoms with Crippen LogP contribution in [0.25, 0.3) is 0 Å². The molecule has 0 heterocycles. The summed E-state index contributed by atoms with van der Waals surface area (Å²) >= 11 is 5.83. The van der Waals surface area contributed by atoms with Gasteiger partial charge in [0.15, 0.2) is 6.61 Å². The first-order valence-electron chi connectivity index (χ1n) is 9.38. The summed E-state index contributed by atoms with van der Waals surface area (Å²) in [5.41, 5.74) is 0.622. The van der Waals surface area contributed by atoms with Crippen molar-refractivity contribution in [3.05, 3.63) is 58.6 Å². The Labute approximate surface area is 191 Å². The number of sulfonamides is 1. The highest BCUT2D eigenvalue weighted by Gasteiger charge is 2.22. The first kappa shape index (κ1) is 25.1. The molecule has 170 valence electrons. The van der Waals surface area contributed by atoms with Crippen LogP contribution in [-0.2, 0) is 26.1 Å². The molecule has 0 saturated carbocycles. The molecule has 0 aliphatic rings. The van der Waals surface area contributed by atoms with Gasteiger partial charge in [0.2, 0.25) is 10.0 Å². The zero-order valence-electron chi connectivity index (χ0n) is 17.5. The van der Waals surface area contributed by atoms with Gasteiger partial charge >= 0.3 is 5.97 Å². The van der Waals surface area contributed by atoms with Crippen LogP contribution in [0.3, 0.4) is 0 Å². The van der Waals surface area contributed by atoms with Gasteiger partial charge in [-0.2, -0.15) is 5.26 Å². The van der Waals surface area contributed by atoms with E-state index in [0.717, 1.165) is 6.07 Å². The second-order valence-electron chi connectivity index (χ2n) is 6.62. The number of esters is 1. The van der Waals surface area contributed by atoms with Crippen LogP contribution >= 0.6 is 11.6 Å². The van der Waals surface area contributed by atoms with Crippen LogP contribution in [0.2, 0.25) is 5.02 Å². The van der Waals surface area contributed by atoms with Gasteiger partial charge in [0.1, 0.15) is 10.6 Å². The van der Waals surface area contributed by atoms with Crippen molar-refractivity contribution in [1.82, 2.24) is 9.62 Å². The third-order valence-electron chi connectivity index (χ3n) is 4.38. The summed E-state index contributed by atoms with van der Waals surface area (Å²) in [6.07, 6.45) is 0.152. The average molecular weight is 480 g/mol. The van der Waals surface area contributed by atoms with E-state index in [1.165, 1.54) is 31.2 Å². The Hall–Kier alpha value is -3.13. The molecule has 0 aromatic heterocycles. The number of halogens is 1. The zero-order valence-corrected chi connectivity index (χ0v) is 19.1. The maximum absolute atomic E-state index is 12.8.